The van der Waals surface area contributed by atoms with Gasteiger partial charge in [0.1, 0.15) is 5.82 Å². The van der Waals surface area contributed by atoms with E-state index in [0.717, 1.165) is 39.2 Å². The van der Waals surface area contributed by atoms with Crippen LogP contribution in [0.3, 0.4) is 0 Å². The first-order valence-electron chi connectivity index (χ1n) is 11.2. The molecule has 0 saturated heterocycles. The van der Waals surface area contributed by atoms with E-state index >= 15 is 0 Å². The van der Waals surface area contributed by atoms with Crippen LogP contribution in [0.5, 0.6) is 0 Å². The van der Waals surface area contributed by atoms with E-state index in [1.807, 2.05) is 57.2 Å². The van der Waals surface area contributed by atoms with Gasteiger partial charge in [0.05, 0.1) is 17.0 Å². The quantitative estimate of drug-likeness (QED) is 0.523. The van der Waals surface area contributed by atoms with Crippen molar-refractivity contribution in [3.8, 4) is 22.4 Å². The lowest BCUT2D eigenvalue weighted by Crippen LogP contribution is -2.58. The Morgan fingerprint density at radius 3 is 2.27 bits per heavy atom. The first-order valence-corrected chi connectivity index (χ1v) is 11.2. The molecule has 5 N–H and O–H groups in total. The third kappa shape index (κ3) is 3.66. The molecule has 0 amide bonds. The van der Waals surface area contributed by atoms with Crippen molar-refractivity contribution in [3.05, 3.63) is 83.7 Å². The molecule has 0 unspecified atom stereocenters. The van der Waals surface area contributed by atoms with Crippen LogP contribution in [-0.4, -0.2) is 21.4 Å². The molecule has 5 rings (SSSR count). The number of rotatable bonds is 3. The van der Waals surface area contributed by atoms with Crippen LogP contribution < -0.4 is 16.6 Å². The first kappa shape index (κ1) is 21.5. The predicted molar refractivity (Wildman–Crippen MR) is 133 cm³/mol. The van der Waals surface area contributed by atoms with Gasteiger partial charge in [-0.15, -0.1) is 0 Å². The van der Waals surface area contributed by atoms with Gasteiger partial charge in [0.2, 0.25) is 0 Å². The van der Waals surface area contributed by atoms with Crippen LogP contribution in [0, 0.1) is 0 Å². The summed E-state index contributed by atoms with van der Waals surface area (Å²) in [5.41, 5.74) is 12.1. The number of nitrogens with zero attached hydrogens (tertiary/aromatic N) is 3. The van der Waals surface area contributed by atoms with Gasteiger partial charge in [0, 0.05) is 22.2 Å². The number of pyridine rings is 1. The van der Waals surface area contributed by atoms with Crippen LogP contribution in [0.15, 0.2) is 77.6 Å². The molecule has 2 aliphatic rings. The van der Waals surface area contributed by atoms with Gasteiger partial charge in [-0.05, 0) is 56.9 Å². The number of benzene rings is 2. The van der Waals surface area contributed by atoms with Crippen molar-refractivity contribution in [1.82, 2.24) is 4.98 Å². The molecule has 33 heavy (non-hydrogen) atoms. The molecule has 2 aromatic carbocycles. The number of aliphatic imine (C=N–C) groups is 1. The standard InChI is InChI=1S/C27H29N5O/c1-4-23-30-17(2)21-14-22(18-8-6-5-7-9-18)24(31-25(21)32(23)29)19-10-12-20(13-11-19)27(28)15-26(3,33)16-27/h4-14,33H,15-16,28-29H2,1-3H3/b23-4-. The Kier molecular flexibility index (Phi) is 4.97. The van der Waals surface area contributed by atoms with E-state index in [4.69, 9.17) is 16.6 Å². The highest BCUT2D eigenvalue weighted by atomic mass is 16.3. The van der Waals surface area contributed by atoms with Crippen LogP contribution in [0.4, 0.5) is 5.82 Å². The second kappa shape index (κ2) is 7.63. The summed E-state index contributed by atoms with van der Waals surface area (Å²) in [7, 11) is 0. The van der Waals surface area contributed by atoms with Gasteiger partial charge in [0.15, 0.2) is 5.82 Å². The van der Waals surface area contributed by atoms with Gasteiger partial charge in [-0.25, -0.2) is 20.8 Å². The second-order valence-corrected chi connectivity index (χ2v) is 9.42. The summed E-state index contributed by atoms with van der Waals surface area (Å²) in [5, 5.41) is 11.7. The maximum Gasteiger partial charge on any atom is 0.158 e. The van der Waals surface area contributed by atoms with E-state index in [9.17, 15) is 5.11 Å². The maximum atomic E-state index is 10.2. The predicted octanol–water partition coefficient (Wildman–Crippen LogP) is 4.48. The summed E-state index contributed by atoms with van der Waals surface area (Å²) >= 11 is 0. The fraction of sp³-hybridized carbons (Fsp3) is 0.259. The summed E-state index contributed by atoms with van der Waals surface area (Å²) in [6.07, 6.45) is 2.99. The van der Waals surface area contributed by atoms with Crippen molar-refractivity contribution >= 4 is 11.5 Å². The zero-order valence-electron chi connectivity index (χ0n) is 19.2. The van der Waals surface area contributed by atoms with Crippen molar-refractivity contribution in [1.29, 1.82) is 0 Å². The number of aromatic nitrogens is 1. The van der Waals surface area contributed by atoms with Crippen LogP contribution in [-0.2, 0) is 5.54 Å². The summed E-state index contributed by atoms with van der Waals surface area (Å²) < 4.78 is 0. The molecule has 1 saturated carbocycles. The minimum Gasteiger partial charge on any atom is -0.390 e. The third-order valence-electron chi connectivity index (χ3n) is 6.62. The molecule has 3 aromatic rings. The highest BCUT2D eigenvalue weighted by Crippen LogP contribution is 2.46. The molecule has 1 aliphatic heterocycles. The highest BCUT2D eigenvalue weighted by Gasteiger charge is 2.49. The SMILES string of the molecule is C/C=C1/N=C(C)c2cc(-c3ccccc3)c(-c3ccc(C4(N)CC(C)(O)C4)cc3)nc2N1N. The molecule has 0 bridgehead atoms. The zero-order valence-corrected chi connectivity index (χ0v) is 19.2. The number of hydrazine groups is 1. The minimum absolute atomic E-state index is 0.490. The number of hydrogen-bond acceptors (Lipinski definition) is 6. The topological polar surface area (TPSA) is 101 Å². The van der Waals surface area contributed by atoms with Crippen LogP contribution >= 0.6 is 0 Å². The maximum absolute atomic E-state index is 10.2. The molecule has 0 radical (unpaired) electrons. The molecular formula is C27H29N5O. The van der Waals surface area contributed by atoms with Crippen molar-refractivity contribution in [2.45, 2.75) is 44.8 Å². The number of anilines is 1. The number of allylic oxidation sites excluding steroid dienone is 1. The van der Waals surface area contributed by atoms with E-state index in [1.54, 1.807) is 5.01 Å². The first-order chi connectivity index (χ1) is 15.7. The van der Waals surface area contributed by atoms with E-state index in [0.29, 0.717) is 24.5 Å². The van der Waals surface area contributed by atoms with Gasteiger partial charge in [-0.3, -0.25) is 0 Å². The van der Waals surface area contributed by atoms with E-state index < -0.39 is 11.1 Å². The fourth-order valence-electron chi connectivity index (χ4n) is 5.08. The molecule has 6 nitrogen and oxygen atoms in total. The smallest absolute Gasteiger partial charge is 0.158 e. The largest absolute Gasteiger partial charge is 0.390 e. The Balaban J connectivity index is 1.64. The van der Waals surface area contributed by atoms with Crippen molar-refractivity contribution in [2.75, 3.05) is 5.01 Å². The van der Waals surface area contributed by atoms with Crippen LogP contribution in [0.1, 0.15) is 44.7 Å². The van der Waals surface area contributed by atoms with Crippen LogP contribution in [0.25, 0.3) is 22.4 Å². The molecule has 6 heteroatoms. The second-order valence-electron chi connectivity index (χ2n) is 9.42. The van der Waals surface area contributed by atoms with Gasteiger partial charge in [-0.1, -0.05) is 54.6 Å². The molecule has 1 fully saturated rings. The molecule has 0 atom stereocenters. The summed E-state index contributed by atoms with van der Waals surface area (Å²) in [6, 6.07) is 20.5. The molecule has 0 spiro atoms. The van der Waals surface area contributed by atoms with Gasteiger partial charge < -0.3 is 10.8 Å². The van der Waals surface area contributed by atoms with Gasteiger partial charge >= 0.3 is 0 Å². The number of aliphatic hydroxyl groups is 1. The highest BCUT2D eigenvalue weighted by molar-refractivity contribution is 6.07. The van der Waals surface area contributed by atoms with Crippen molar-refractivity contribution in [3.63, 3.8) is 0 Å². The lowest BCUT2D eigenvalue weighted by Gasteiger charge is -2.49. The molecular weight excluding hydrogens is 410 g/mol. The number of hydrogen-bond donors (Lipinski definition) is 3. The van der Waals surface area contributed by atoms with E-state index in [2.05, 4.69) is 35.3 Å². The Labute approximate surface area is 194 Å². The molecule has 1 aliphatic carbocycles. The minimum atomic E-state index is -0.692. The summed E-state index contributed by atoms with van der Waals surface area (Å²) in [4.78, 5) is 9.68. The summed E-state index contributed by atoms with van der Waals surface area (Å²) in [6.45, 7) is 5.72. The Morgan fingerprint density at radius 2 is 1.67 bits per heavy atom. The van der Waals surface area contributed by atoms with E-state index in [-0.39, 0.29) is 0 Å². The van der Waals surface area contributed by atoms with Crippen molar-refractivity contribution < 1.29 is 5.11 Å². The molecule has 2 heterocycles. The van der Waals surface area contributed by atoms with Crippen LogP contribution in [0.2, 0.25) is 0 Å². The molecule has 168 valence electrons. The van der Waals surface area contributed by atoms with Gasteiger partial charge in [0.25, 0.3) is 0 Å². The zero-order chi connectivity index (χ0) is 23.4. The normalized spacial score (nSPS) is 25.5. The Bertz CT molecular complexity index is 1270. The lowest BCUT2D eigenvalue weighted by atomic mass is 9.63. The average molecular weight is 440 g/mol. The van der Waals surface area contributed by atoms with Crippen molar-refractivity contribution in [2.24, 2.45) is 16.6 Å². The average Bonchev–Trinajstić information content (AvgIpc) is 2.80. The lowest BCUT2D eigenvalue weighted by molar-refractivity contribution is -0.0738. The Morgan fingerprint density at radius 1 is 1.00 bits per heavy atom. The monoisotopic (exact) mass is 439 g/mol. The molecule has 1 aromatic heterocycles. The summed E-state index contributed by atoms with van der Waals surface area (Å²) in [5.74, 6) is 7.74. The Hall–Kier alpha value is -3.32. The van der Waals surface area contributed by atoms with E-state index in [1.165, 1.54) is 0 Å². The number of nitrogens with two attached hydrogens (primary N) is 2. The van der Waals surface area contributed by atoms with Gasteiger partial charge in [-0.2, -0.15) is 0 Å². The third-order valence-corrected chi connectivity index (χ3v) is 6.62. The number of fused-ring (bicyclic) bond motifs is 1. The fourth-order valence-corrected chi connectivity index (χ4v) is 5.08.